The normalized spacial score (nSPS) is 17.9. The Hall–Kier alpha value is -1.55. The van der Waals surface area contributed by atoms with E-state index >= 15 is 0 Å². The Kier molecular flexibility index (Phi) is 9.99. The van der Waals surface area contributed by atoms with Crippen molar-refractivity contribution in [3.05, 3.63) is 29.8 Å². The van der Waals surface area contributed by atoms with Crippen LogP contribution in [0.2, 0.25) is 0 Å². The summed E-state index contributed by atoms with van der Waals surface area (Å²) >= 11 is 0. The van der Waals surface area contributed by atoms with E-state index in [1.54, 1.807) is 14.2 Å². The van der Waals surface area contributed by atoms with Gasteiger partial charge in [-0.25, -0.2) is 0 Å². The number of nitrogens with zero attached hydrogens (tertiary/aromatic N) is 3. The average molecular weight is 515 g/mol. The van der Waals surface area contributed by atoms with Crippen LogP contribution in [0, 0.1) is 5.92 Å². The Labute approximate surface area is 191 Å². The van der Waals surface area contributed by atoms with E-state index in [1.807, 2.05) is 24.3 Å². The molecule has 7 nitrogen and oxygen atoms in total. The first-order valence-corrected chi connectivity index (χ1v) is 10.3. The molecule has 162 valence electrons. The lowest BCUT2D eigenvalue weighted by molar-refractivity contribution is -0.139. The minimum absolute atomic E-state index is 0. The molecule has 0 aromatic heterocycles. The fourth-order valence-electron chi connectivity index (χ4n) is 3.69. The number of amides is 1. The molecule has 8 heteroatoms. The molecule has 0 atom stereocenters. The van der Waals surface area contributed by atoms with Gasteiger partial charge in [-0.15, -0.1) is 24.0 Å². The lowest BCUT2D eigenvalue weighted by atomic mass is 9.84. The number of aliphatic imine (C=N–C) groups is 1. The number of ether oxygens (including phenoxy) is 1. The second-order valence-electron chi connectivity index (χ2n) is 7.46. The zero-order valence-corrected chi connectivity index (χ0v) is 19.9. The Balaban J connectivity index is 0.00000300. The lowest BCUT2D eigenvalue weighted by Gasteiger charge is -2.38. The molecule has 1 amide bonds. The SMILES string of the molecule is CN=C(NCCN1CCN(C(=O)C2CCC2)CC1)NCc1ccccc1OC.I. The summed E-state index contributed by atoms with van der Waals surface area (Å²) in [6.45, 7) is 6.04. The first-order chi connectivity index (χ1) is 13.7. The number of carbonyl (C=O) groups is 1. The molecular formula is C21H34IN5O2. The summed E-state index contributed by atoms with van der Waals surface area (Å²) in [5.41, 5.74) is 1.10. The zero-order chi connectivity index (χ0) is 19.8. The number of carbonyl (C=O) groups excluding carboxylic acids is 1. The maximum absolute atomic E-state index is 12.3. The number of piperazine rings is 1. The molecule has 0 unspecified atom stereocenters. The van der Waals surface area contributed by atoms with Gasteiger partial charge in [0.15, 0.2) is 5.96 Å². The molecule has 1 aromatic rings. The van der Waals surface area contributed by atoms with Crippen molar-refractivity contribution in [3.8, 4) is 5.75 Å². The molecule has 0 radical (unpaired) electrons. The highest BCUT2D eigenvalue weighted by Gasteiger charge is 2.30. The first-order valence-electron chi connectivity index (χ1n) is 10.3. The molecular weight excluding hydrogens is 481 g/mol. The Morgan fingerprint density at radius 3 is 2.52 bits per heavy atom. The third kappa shape index (κ3) is 6.74. The highest BCUT2D eigenvalue weighted by atomic mass is 127. The standard InChI is InChI=1S/C21H33N5O2.HI/c1-22-21(24-16-18-6-3-4-9-19(18)28-2)23-10-11-25-12-14-26(15-13-25)20(27)17-7-5-8-17;/h3-4,6,9,17H,5,7-8,10-16H2,1-2H3,(H2,22,23,24);1H. The number of halogens is 1. The molecule has 0 bridgehead atoms. The van der Waals surface area contributed by atoms with Gasteiger partial charge in [-0.1, -0.05) is 24.6 Å². The predicted octanol–water partition coefficient (Wildman–Crippen LogP) is 1.92. The summed E-state index contributed by atoms with van der Waals surface area (Å²) in [5, 5.41) is 6.70. The molecule has 1 saturated carbocycles. The van der Waals surface area contributed by atoms with E-state index in [4.69, 9.17) is 4.74 Å². The number of guanidine groups is 1. The zero-order valence-electron chi connectivity index (χ0n) is 17.5. The fraction of sp³-hybridized carbons (Fsp3) is 0.619. The van der Waals surface area contributed by atoms with Crippen LogP contribution in [0.3, 0.4) is 0 Å². The van der Waals surface area contributed by atoms with E-state index in [9.17, 15) is 4.79 Å². The first kappa shape index (κ1) is 23.7. The van der Waals surface area contributed by atoms with Gasteiger partial charge in [0.2, 0.25) is 5.91 Å². The summed E-state index contributed by atoms with van der Waals surface area (Å²) in [6.07, 6.45) is 3.39. The van der Waals surface area contributed by atoms with Crippen LogP contribution in [0.15, 0.2) is 29.3 Å². The van der Waals surface area contributed by atoms with E-state index in [2.05, 4.69) is 25.4 Å². The number of hydrogen-bond donors (Lipinski definition) is 2. The van der Waals surface area contributed by atoms with Gasteiger partial charge in [0, 0.05) is 64.3 Å². The molecule has 1 aliphatic carbocycles. The molecule has 3 rings (SSSR count). The van der Waals surface area contributed by atoms with Gasteiger partial charge in [-0.05, 0) is 18.9 Å². The van der Waals surface area contributed by atoms with Crippen LogP contribution < -0.4 is 15.4 Å². The number of hydrogen-bond acceptors (Lipinski definition) is 4. The summed E-state index contributed by atoms with van der Waals surface area (Å²) in [7, 11) is 3.47. The average Bonchev–Trinajstić information content (AvgIpc) is 2.70. The minimum Gasteiger partial charge on any atom is -0.496 e. The van der Waals surface area contributed by atoms with Crippen molar-refractivity contribution < 1.29 is 9.53 Å². The van der Waals surface area contributed by atoms with E-state index in [0.29, 0.717) is 18.4 Å². The molecule has 2 fully saturated rings. The number of nitrogens with one attached hydrogen (secondary N) is 2. The van der Waals surface area contributed by atoms with Crippen LogP contribution in [0.5, 0.6) is 5.75 Å². The van der Waals surface area contributed by atoms with E-state index < -0.39 is 0 Å². The molecule has 1 aliphatic heterocycles. The molecule has 1 aromatic carbocycles. The van der Waals surface area contributed by atoms with E-state index in [1.165, 1.54) is 6.42 Å². The third-order valence-corrected chi connectivity index (χ3v) is 5.72. The van der Waals surface area contributed by atoms with Gasteiger partial charge in [0.05, 0.1) is 7.11 Å². The van der Waals surface area contributed by atoms with Crippen molar-refractivity contribution >= 4 is 35.8 Å². The number of benzene rings is 1. The van der Waals surface area contributed by atoms with Gasteiger partial charge >= 0.3 is 0 Å². The highest BCUT2D eigenvalue weighted by Crippen LogP contribution is 2.28. The maximum atomic E-state index is 12.3. The van der Waals surface area contributed by atoms with Gasteiger partial charge in [0.1, 0.15) is 5.75 Å². The topological polar surface area (TPSA) is 69.2 Å². The van der Waals surface area contributed by atoms with Crippen LogP contribution in [0.4, 0.5) is 0 Å². The summed E-state index contributed by atoms with van der Waals surface area (Å²) in [6, 6.07) is 7.98. The van der Waals surface area contributed by atoms with Crippen LogP contribution in [-0.2, 0) is 11.3 Å². The highest BCUT2D eigenvalue weighted by molar-refractivity contribution is 14.0. The monoisotopic (exact) mass is 515 g/mol. The molecule has 29 heavy (non-hydrogen) atoms. The Morgan fingerprint density at radius 1 is 1.17 bits per heavy atom. The fourth-order valence-corrected chi connectivity index (χ4v) is 3.69. The van der Waals surface area contributed by atoms with Gasteiger partial charge in [0.25, 0.3) is 0 Å². The van der Waals surface area contributed by atoms with Gasteiger partial charge in [-0.3, -0.25) is 14.7 Å². The van der Waals surface area contributed by atoms with Crippen molar-refractivity contribution in [2.24, 2.45) is 10.9 Å². The van der Waals surface area contributed by atoms with E-state index in [-0.39, 0.29) is 24.0 Å². The largest absolute Gasteiger partial charge is 0.496 e. The van der Waals surface area contributed by atoms with Crippen molar-refractivity contribution in [2.45, 2.75) is 25.8 Å². The third-order valence-electron chi connectivity index (χ3n) is 5.72. The van der Waals surface area contributed by atoms with Crippen LogP contribution in [-0.4, -0.2) is 75.1 Å². The number of para-hydroxylation sites is 1. The molecule has 0 spiro atoms. The van der Waals surface area contributed by atoms with E-state index in [0.717, 1.165) is 69.4 Å². The van der Waals surface area contributed by atoms with Crippen molar-refractivity contribution in [1.29, 1.82) is 0 Å². The minimum atomic E-state index is 0. The van der Waals surface area contributed by atoms with Crippen molar-refractivity contribution in [1.82, 2.24) is 20.4 Å². The van der Waals surface area contributed by atoms with Crippen LogP contribution >= 0.6 is 24.0 Å². The predicted molar refractivity (Wildman–Crippen MR) is 127 cm³/mol. The molecule has 1 saturated heterocycles. The maximum Gasteiger partial charge on any atom is 0.225 e. The summed E-state index contributed by atoms with van der Waals surface area (Å²) < 4.78 is 5.39. The second-order valence-corrected chi connectivity index (χ2v) is 7.46. The van der Waals surface area contributed by atoms with Crippen LogP contribution in [0.1, 0.15) is 24.8 Å². The number of rotatable bonds is 7. The molecule has 2 N–H and O–H groups in total. The smallest absolute Gasteiger partial charge is 0.225 e. The summed E-state index contributed by atoms with van der Waals surface area (Å²) in [5.74, 6) is 2.35. The van der Waals surface area contributed by atoms with Gasteiger partial charge < -0.3 is 20.3 Å². The summed E-state index contributed by atoms with van der Waals surface area (Å²) in [4.78, 5) is 21.1. The lowest BCUT2D eigenvalue weighted by Crippen LogP contribution is -2.52. The van der Waals surface area contributed by atoms with Crippen molar-refractivity contribution in [2.75, 3.05) is 53.4 Å². The number of methoxy groups -OCH3 is 1. The molecule has 1 heterocycles. The Morgan fingerprint density at radius 2 is 1.90 bits per heavy atom. The van der Waals surface area contributed by atoms with Crippen molar-refractivity contribution in [3.63, 3.8) is 0 Å². The Bertz CT molecular complexity index is 673. The van der Waals surface area contributed by atoms with Crippen LogP contribution in [0.25, 0.3) is 0 Å². The quantitative estimate of drug-likeness (QED) is 0.330. The second kappa shape index (κ2) is 12.2. The van der Waals surface area contributed by atoms with Gasteiger partial charge in [-0.2, -0.15) is 0 Å². The molecule has 2 aliphatic rings.